The Morgan fingerprint density at radius 2 is 1.88 bits per heavy atom. The van der Waals surface area contributed by atoms with Gasteiger partial charge in [0.15, 0.2) is 0 Å². The van der Waals surface area contributed by atoms with Crippen molar-refractivity contribution in [3.05, 3.63) is 37.4 Å². The largest absolute Gasteiger partial charge is 0.497 e. The van der Waals surface area contributed by atoms with Crippen molar-refractivity contribution in [1.82, 2.24) is 0 Å². The lowest BCUT2D eigenvalue weighted by Crippen LogP contribution is -2.42. The van der Waals surface area contributed by atoms with E-state index in [1.807, 2.05) is 6.92 Å². The third-order valence-electron chi connectivity index (χ3n) is 7.05. The molecule has 3 aliphatic rings. The standard InChI is InChI=1S/C18H20N2O6/c1-18-7-6-9-10(13(18)4-5-15(18)21)2-3-11-12(9)8-14(19(23)24)17(22)16(11)20(25)26/h8-10,13,22H,2-7H2,1H3/t9-,10-,13-,18+/m0/s1. The number of carbonyl (C=O) groups is 1. The van der Waals surface area contributed by atoms with Gasteiger partial charge in [0.2, 0.25) is 0 Å². The Kier molecular flexibility index (Phi) is 3.58. The zero-order valence-corrected chi connectivity index (χ0v) is 14.4. The molecule has 0 spiro atoms. The predicted molar refractivity (Wildman–Crippen MR) is 91.0 cm³/mol. The van der Waals surface area contributed by atoms with Crippen LogP contribution in [0.4, 0.5) is 11.4 Å². The summed E-state index contributed by atoms with van der Waals surface area (Å²) in [4.78, 5) is 33.7. The number of phenolic OH excluding ortho intramolecular Hbond substituents is 1. The average Bonchev–Trinajstić information content (AvgIpc) is 2.88. The Balaban J connectivity index is 1.85. The van der Waals surface area contributed by atoms with Gasteiger partial charge in [-0.2, -0.15) is 0 Å². The van der Waals surface area contributed by atoms with E-state index in [0.717, 1.165) is 6.42 Å². The molecule has 1 aromatic rings. The van der Waals surface area contributed by atoms with Gasteiger partial charge in [-0.1, -0.05) is 6.92 Å². The van der Waals surface area contributed by atoms with Crippen LogP contribution in [0.1, 0.15) is 56.1 Å². The van der Waals surface area contributed by atoms with Crippen LogP contribution in [-0.4, -0.2) is 20.7 Å². The first-order chi connectivity index (χ1) is 12.3. The van der Waals surface area contributed by atoms with E-state index in [-0.39, 0.29) is 23.2 Å². The van der Waals surface area contributed by atoms with Crippen molar-refractivity contribution in [1.29, 1.82) is 0 Å². The molecule has 1 N–H and O–H groups in total. The Morgan fingerprint density at radius 1 is 1.15 bits per heavy atom. The molecule has 0 aromatic heterocycles. The van der Waals surface area contributed by atoms with Crippen LogP contribution in [0.2, 0.25) is 0 Å². The fourth-order valence-corrected chi connectivity index (χ4v) is 5.79. The SMILES string of the molecule is C[C@@]12CC[C@@H]3c4cc([N+](=O)[O-])c(O)c([N+](=O)[O-])c4CC[C@@H]3[C@@H]1CCC2=O. The zero-order chi connectivity index (χ0) is 18.8. The van der Waals surface area contributed by atoms with Gasteiger partial charge in [0.1, 0.15) is 5.78 Å². The first-order valence-electron chi connectivity index (χ1n) is 8.96. The predicted octanol–water partition coefficient (Wildman–Crippen LogP) is 3.63. The summed E-state index contributed by atoms with van der Waals surface area (Å²) in [6, 6.07) is 1.33. The Labute approximate surface area is 149 Å². The molecule has 3 aliphatic carbocycles. The Hall–Kier alpha value is -2.51. The number of rotatable bonds is 2. The van der Waals surface area contributed by atoms with Gasteiger partial charge >= 0.3 is 11.4 Å². The molecule has 2 fully saturated rings. The summed E-state index contributed by atoms with van der Waals surface area (Å²) in [5.74, 6) is -0.144. The molecule has 4 atom stereocenters. The molecule has 0 amide bonds. The maximum Gasteiger partial charge on any atom is 0.321 e. The summed E-state index contributed by atoms with van der Waals surface area (Å²) in [5, 5.41) is 32.9. The van der Waals surface area contributed by atoms with Crippen LogP contribution < -0.4 is 0 Å². The number of fused-ring (bicyclic) bond motifs is 5. The maximum atomic E-state index is 12.4. The number of phenols is 1. The van der Waals surface area contributed by atoms with E-state index in [2.05, 4.69) is 0 Å². The van der Waals surface area contributed by atoms with E-state index in [1.54, 1.807) is 0 Å². The second-order valence-corrected chi connectivity index (χ2v) is 8.01. The highest BCUT2D eigenvalue weighted by atomic mass is 16.6. The van der Waals surface area contributed by atoms with Crippen LogP contribution in [0.15, 0.2) is 6.07 Å². The average molecular weight is 360 g/mol. The number of ketones is 1. The number of hydrogen-bond donors (Lipinski definition) is 1. The van der Waals surface area contributed by atoms with Crippen LogP contribution in [0.25, 0.3) is 0 Å². The number of carbonyl (C=O) groups excluding carboxylic acids is 1. The van der Waals surface area contributed by atoms with Gasteiger partial charge < -0.3 is 5.11 Å². The van der Waals surface area contributed by atoms with E-state index in [0.29, 0.717) is 49.0 Å². The summed E-state index contributed by atoms with van der Waals surface area (Å²) >= 11 is 0. The molecule has 8 heteroatoms. The number of benzene rings is 1. The first kappa shape index (κ1) is 16.9. The summed E-state index contributed by atoms with van der Waals surface area (Å²) in [6.45, 7) is 2.03. The van der Waals surface area contributed by atoms with Gasteiger partial charge in [-0.05, 0) is 55.4 Å². The Morgan fingerprint density at radius 3 is 2.54 bits per heavy atom. The molecule has 0 aliphatic heterocycles. The van der Waals surface area contributed by atoms with Gasteiger partial charge in [0, 0.05) is 23.5 Å². The number of nitro groups is 2. The van der Waals surface area contributed by atoms with Crippen molar-refractivity contribution in [2.45, 2.75) is 51.4 Å². The van der Waals surface area contributed by atoms with Gasteiger partial charge in [0.05, 0.1) is 9.85 Å². The molecule has 8 nitrogen and oxygen atoms in total. The number of hydrogen-bond acceptors (Lipinski definition) is 6. The second kappa shape index (κ2) is 5.49. The molecule has 0 unspecified atom stereocenters. The third-order valence-corrected chi connectivity index (χ3v) is 7.05. The first-order valence-corrected chi connectivity index (χ1v) is 8.96. The maximum absolute atomic E-state index is 12.4. The fraction of sp³-hybridized carbons (Fsp3) is 0.611. The highest BCUT2D eigenvalue weighted by Gasteiger charge is 2.55. The minimum absolute atomic E-state index is 0.0271. The summed E-state index contributed by atoms with van der Waals surface area (Å²) in [5.41, 5.74) is -0.408. The lowest BCUT2D eigenvalue weighted by Gasteiger charge is -2.48. The monoisotopic (exact) mass is 360 g/mol. The highest BCUT2D eigenvalue weighted by molar-refractivity contribution is 5.87. The van der Waals surface area contributed by atoms with Crippen molar-refractivity contribution in [3.63, 3.8) is 0 Å². The van der Waals surface area contributed by atoms with Crippen LogP contribution in [0.3, 0.4) is 0 Å². The van der Waals surface area contributed by atoms with Crippen LogP contribution in [0.5, 0.6) is 5.75 Å². The minimum atomic E-state index is -0.853. The van der Waals surface area contributed by atoms with Crippen molar-refractivity contribution in [2.24, 2.45) is 17.3 Å². The van der Waals surface area contributed by atoms with Crippen LogP contribution >= 0.6 is 0 Å². The second-order valence-electron chi connectivity index (χ2n) is 8.01. The van der Waals surface area contributed by atoms with E-state index in [4.69, 9.17) is 0 Å². The summed E-state index contributed by atoms with van der Waals surface area (Å²) < 4.78 is 0. The van der Waals surface area contributed by atoms with E-state index in [1.165, 1.54) is 6.07 Å². The van der Waals surface area contributed by atoms with Crippen LogP contribution in [0, 0.1) is 37.5 Å². The van der Waals surface area contributed by atoms with Crippen LogP contribution in [-0.2, 0) is 11.2 Å². The lowest BCUT2D eigenvalue weighted by atomic mass is 9.55. The topological polar surface area (TPSA) is 124 Å². The van der Waals surface area contributed by atoms with Gasteiger partial charge in [-0.15, -0.1) is 0 Å². The Bertz CT molecular complexity index is 851. The summed E-state index contributed by atoms with van der Waals surface area (Å²) in [7, 11) is 0. The van der Waals surface area contributed by atoms with E-state index in [9.17, 15) is 30.1 Å². The molecule has 2 saturated carbocycles. The highest BCUT2D eigenvalue weighted by Crippen LogP contribution is 2.61. The minimum Gasteiger partial charge on any atom is -0.497 e. The number of nitro benzene ring substituents is 2. The molecular weight excluding hydrogens is 340 g/mol. The van der Waals surface area contributed by atoms with Crippen molar-refractivity contribution in [3.8, 4) is 5.75 Å². The molecule has 1 aromatic carbocycles. The number of aromatic hydroxyl groups is 1. The lowest BCUT2D eigenvalue weighted by molar-refractivity contribution is -0.396. The van der Waals surface area contributed by atoms with Gasteiger partial charge in [-0.3, -0.25) is 25.0 Å². The number of nitrogens with zero attached hydrogens (tertiary/aromatic N) is 2. The number of Topliss-reactive ketones (excluding diaryl/α,β-unsaturated/α-hetero) is 1. The van der Waals surface area contributed by atoms with Crippen molar-refractivity contribution in [2.75, 3.05) is 0 Å². The van der Waals surface area contributed by atoms with Gasteiger partial charge in [0.25, 0.3) is 5.75 Å². The molecule has 0 radical (unpaired) electrons. The molecule has 0 saturated heterocycles. The molecule has 4 rings (SSSR count). The molecule has 138 valence electrons. The van der Waals surface area contributed by atoms with Crippen molar-refractivity contribution >= 4 is 17.2 Å². The smallest absolute Gasteiger partial charge is 0.321 e. The molecule has 0 heterocycles. The molecule has 0 bridgehead atoms. The normalized spacial score (nSPS) is 32.5. The van der Waals surface area contributed by atoms with Crippen molar-refractivity contribution < 1.29 is 19.7 Å². The van der Waals surface area contributed by atoms with Gasteiger partial charge in [-0.25, -0.2) is 0 Å². The van der Waals surface area contributed by atoms with E-state index < -0.39 is 27.0 Å². The fourth-order valence-electron chi connectivity index (χ4n) is 5.79. The third kappa shape index (κ3) is 2.10. The molecular formula is C18H20N2O6. The zero-order valence-electron chi connectivity index (χ0n) is 14.4. The van der Waals surface area contributed by atoms with E-state index >= 15 is 0 Å². The molecule has 26 heavy (non-hydrogen) atoms. The quantitative estimate of drug-likeness (QED) is 0.634. The summed E-state index contributed by atoms with van der Waals surface area (Å²) in [6.07, 6.45) is 3.92.